The third-order valence-electron chi connectivity index (χ3n) is 3.09. The van der Waals surface area contributed by atoms with Crippen LogP contribution in [0.4, 0.5) is 27.6 Å². The second-order valence-corrected chi connectivity index (χ2v) is 6.64. The summed E-state index contributed by atoms with van der Waals surface area (Å²) < 4.78 is 89.8. The fourth-order valence-electron chi connectivity index (χ4n) is 1.77. The van der Waals surface area contributed by atoms with Gasteiger partial charge < -0.3 is 0 Å². The fraction of sp³-hybridized carbons (Fsp3) is 0.250. The number of halogens is 5. The van der Waals surface area contributed by atoms with Gasteiger partial charge in [-0.3, -0.25) is 10.6 Å². The summed E-state index contributed by atoms with van der Waals surface area (Å²) in [6.07, 6.45) is -2.85. The number of hydrogen-bond acceptors (Lipinski definition) is 7. The molecule has 9 nitrogen and oxygen atoms in total. The van der Waals surface area contributed by atoms with E-state index < -0.39 is 51.3 Å². The third kappa shape index (κ3) is 4.55. The van der Waals surface area contributed by atoms with Gasteiger partial charge in [-0.15, -0.1) is 0 Å². The minimum absolute atomic E-state index is 0.104. The van der Waals surface area contributed by atoms with Crippen LogP contribution in [0.2, 0.25) is 0 Å². The molecule has 0 aliphatic carbocycles. The van der Waals surface area contributed by atoms with Crippen molar-refractivity contribution in [3.8, 4) is 0 Å². The molecule has 0 saturated heterocycles. The Morgan fingerprint density at radius 2 is 2.00 bits per heavy atom. The van der Waals surface area contributed by atoms with Gasteiger partial charge in [0.15, 0.2) is 11.5 Å². The van der Waals surface area contributed by atoms with E-state index in [2.05, 4.69) is 14.9 Å². The van der Waals surface area contributed by atoms with Crippen molar-refractivity contribution in [2.24, 2.45) is 0 Å². The molecule has 0 fully saturated rings. The molecule has 2 aromatic rings. The van der Waals surface area contributed by atoms with Crippen LogP contribution in [0.15, 0.2) is 28.9 Å². The van der Waals surface area contributed by atoms with Crippen LogP contribution in [0.1, 0.15) is 23.4 Å². The molecule has 1 aromatic carbocycles. The molecule has 0 atom stereocenters. The number of hydrogen-bond donors (Lipinski definition) is 3. The van der Waals surface area contributed by atoms with Crippen molar-refractivity contribution in [3.63, 3.8) is 0 Å². The van der Waals surface area contributed by atoms with Crippen LogP contribution in [-0.4, -0.2) is 35.3 Å². The van der Waals surface area contributed by atoms with E-state index in [4.69, 9.17) is 5.41 Å². The molecule has 0 unspecified atom stereocenters. The number of benzene rings is 1. The van der Waals surface area contributed by atoms with Gasteiger partial charge in [0.2, 0.25) is 0 Å². The van der Waals surface area contributed by atoms with E-state index in [0.29, 0.717) is 0 Å². The lowest BCUT2D eigenvalue weighted by atomic mass is 10.2. The quantitative estimate of drug-likeness (QED) is 0.285. The van der Waals surface area contributed by atoms with E-state index in [-0.39, 0.29) is 10.8 Å². The average Bonchev–Trinajstić information content (AvgIpc) is 3.06. The summed E-state index contributed by atoms with van der Waals surface area (Å²) in [7, 11) is -5.69. The maximum absolute atomic E-state index is 12.7. The van der Waals surface area contributed by atoms with Crippen LogP contribution < -0.4 is 9.79 Å². The van der Waals surface area contributed by atoms with Crippen LogP contribution in [0.25, 0.3) is 0 Å². The number of anilines is 1. The number of alkyl halides is 5. The first-order valence-corrected chi connectivity index (χ1v) is 8.25. The molecule has 0 aliphatic rings. The van der Waals surface area contributed by atoms with Gasteiger partial charge >= 0.3 is 15.5 Å². The van der Waals surface area contributed by atoms with Crippen molar-refractivity contribution < 1.29 is 40.2 Å². The van der Waals surface area contributed by atoms with Gasteiger partial charge in [-0.1, -0.05) is 17.3 Å². The Morgan fingerprint density at radius 3 is 2.59 bits per heavy atom. The van der Waals surface area contributed by atoms with E-state index in [1.54, 1.807) is 0 Å². The standard InChI is InChI=1S/C12H10F5N5O4S/c13-10(14)6-2-1-3-7(4-6)22(23)11(18)9-8(20-26-21-9)5-19-27(24,25)12(15,16)17/h1-4,10,18-19,23H,5H2. The average molecular weight is 415 g/mol. The first-order chi connectivity index (χ1) is 12.4. The first kappa shape index (κ1) is 20.7. The highest BCUT2D eigenvalue weighted by Gasteiger charge is 2.45. The van der Waals surface area contributed by atoms with Crippen LogP contribution in [0.5, 0.6) is 0 Å². The van der Waals surface area contributed by atoms with Gasteiger partial charge in [-0.2, -0.15) is 13.2 Å². The molecule has 27 heavy (non-hydrogen) atoms. The highest BCUT2D eigenvalue weighted by Crippen LogP contribution is 2.25. The minimum atomic E-state index is -5.69. The highest BCUT2D eigenvalue weighted by molar-refractivity contribution is 7.90. The van der Waals surface area contributed by atoms with E-state index >= 15 is 0 Å². The molecule has 0 radical (unpaired) electrons. The van der Waals surface area contributed by atoms with Crippen molar-refractivity contribution >= 4 is 21.5 Å². The number of amidine groups is 1. The Morgan fingerprint density at radius 1 is 1.33 bits per heavy atom. The molecule has 0 saturated carbocycles. The Hall–Kier alpha value is -2.65. The zero-order valence-electron chi connectivity index (χ0n) is 12.9. The maximum atomic E-state index is 12.7. The molecular weight excluding hydrogens is 405 g/mol. The number of sulfonamides is 1. The van der Waals surface area contributed by atoms with Crippen molar-refractivity contribution in [1.29, 1.82) is 5.41 Å². The minimum Gasteiger partial charge on any atom is -0.282 e. The van der Waals surface area contributed by atoms with Crippen molar-refractivity contribution in [2.45, 2.75) is 18.5 Å². The largest absolute Gasteiger partial charge is 0.511 e. The maximum Gasteiger partial charge on any atom is 0.511 e. The highest BCUT2D eigenvalue weighted by atomic mass is 32.2. The lowest BCUT2D eigenvalue weighted by Crippen LogP contribution is -2.36. The van der Waals surface area contributed by atoms with E-state index in [0.717, 1.165) is 12.1 Å². The van der Waals surface area contributed by atoms with Crippen LogP contribution >= 0.6 is 0 Å². The summed E-state index contributed by atoms with van der Waals surface area (Å²) in [6.45, 7) is -1.05. The first-order valence-electron chi connectivity index (χ1n) is 6.77. The fourth-order valence-corrected chi connectivity index (χ4v) is 2.26. The molecule has 1 aromatic heterocycles. The Labute approximate surface area is 147 Å². The molecule has 148 valence electrons. The topological polar surface area (TPSA) is 132 Å². The number of rotatable bonds is 6. The second-order valence-electron chi connectivity index (χ2n) is 4.89. The van der Waals surface area contributed by atoms with Crippen molar-refractivity contribution in [1.82, 2.24) is 15.0 Å². The van der Waals surface area contributed by atoms with Crippen LogP contribution in [0, 0.1) is 5.41 Å². The van der Waals surface area contributed by atoms with Gasteiger partial charge in [0, 0.05) is 5.56 Å². The van der Waals surface area contributed by atoms with Gasteiger partial charge in [0.25, 0.3) is 6.43 Å². The molecule has 3 N–H and O–H groups in total. The smallest absolute Gasteiger partial charge is 0.282 e. The summed E-state index contributed by atoms with van der Waals surface area (Å²) in [5, 5.41) is 24.3. The van der Waals surface area contributed by atoms with Crippen LogP contribution in [-0.2, 0) is 16.6 Å². The number of nitrogens with one attached hydrogen (secondary N) is 2. The van der Waals surface area contributed by atoms with E-state index in [9.17, 15) is 35.6 Å². The zero-order chi connectivity index (χ0) is 20.4. The molecule has 0 bridgehead atoms. The molecule has 2 rings (SSSR count). The molecule has 0 spiro atoms. The predicted octanol–water partition coefficient (Wildman–Crippen LogP) is 2.17. The van der Waals surface area contributed by atoms with Gasteiger partial charge in [-0.25, -0.2) is 31.6 Å². The Kier molecular flexibility index (Phi) is 5.76. The van der Waals surface area contributed by atoms with Crippen molar-refractivity contribution in [3.05, 3.63) is 41.2 Å². The molecule has 0 amide bonds. The molecular formula is C12H10F5N5O4S. The zero-order valence-corrected chi connectivity index (χ0v) is 13.7. The summed E-state index contributed by atoms with van der Waals surface area (Å²) in [5.41, 5.74) is -7.46. The molecule has 1 heterocycles. The second kappa shape index (κ2) is 7.53. The summed E-state index contributed by atoms with van der Waals surface area (Å²) in [4.78, 5) is 0. The Balaban J connectivity index is 2.21. The monoisotopic (exact) mass is 415 g/mol. The lowest BCUT2D eigenvalue weighted by molar-refractivity contribution is -0.0448. The lowest BCUT2D eigenvalue weighted by Gasteiger charge is -2.17. The predicted molar refractivity (Wildman–Crippen MR) is 78.6 cm³/mol. The van der Waals surface area contributed by atoms with Gasteiger partial charge in [0.1, 0.15) is 5.69 Å². The van der Waals surface area contributed by atoms with Crippen molar-refractivity contribution in [2.75, 3.05) is 5.06 Å². The van der Waals surface area contributed by atoms with E-state index in [1.165, 1.54) is 16.9 Å². The third-order valence-corrected chi connectivity index (χ3v) is 4.23. The summed E-state index contributed by atoms with van der Waals surface area (Å²) in [6, 6.07) is 4.27. The van der Waals surface area contributed by atoms with Gasteiger partial charge in [-0.05, 0) is 17.3 Å². The Bertz CT molecular complexity index is 930. The normalized spacial score (nSPS) is 12.4. The SMILES string of the molecule is N=C(c1nonc1CNS(=O)(=O)C(F)(F)F)N(O)c1cccc(C(F)F)c1. The summed E-state index contributed by atoms with van der Waals surface area (Å²) >= 11 is 0. The van der Waals surface area contributed by atoms with E-state index in [1.807, 2.05) is 0 Å². The van der Waals surface area contributed by atoms with Gasteiger partial charge in [0.05, 0.1) is 12.2 Å². The number of nitrogens with zero attached hydrogens (tertiary/aromatic N) is 3. The number of aromatic nitrogens is 2. The molecule has 0 aliphatic heterocycles. The summed E-state index contributed by atoms with van der Waals surface area (Å²) in [5.74, 6) is -0.899. The molecule has 15 heteroatoms. The number of hydroxylamine groups is 1. The van der Waals surface area contributed by atoms with Crippen LogP contribution in [0.3, 0.4) is 0 Å².